The Hall–Kier alpha value is -0.0831. The molecule has 78 valence electrons. The normalized spacial score (nSPS) is 15.8. The largest absolute Gasteiger partial charge is 0.309 e. The van der Waals surface area contributed by atoms with Gasteiger partial charge in [-0.2, -0.15) is 0 Å². The second-order valence-corrected chi connectivity index (χ2v) is 9.23. The van der Waals surface area contributed by atoms with Gasteiger partial charge in [0.15, 0.2) is 0 Å². The third-order valence-corrected chi connectivity index (χ3v) is 6.79. The lowest BCUT2D eigenvalue weighted by molar-refractivity contribution is 0.407. The lowest BCUT2D eigenvalue weighted by Gasteiger charge is -2.23. The van der Waals surface area contributed by atoms with Crippen molar-refractivity contribution in [1.82, 2.24) is 4.90 Å². The van der Waals surface area contributed by atoms with Crippen molar-refractivity contribution in [2.45, 2.75) is 38.4 Å². The first-order chi connectivity index (χ1) is 6.04. The maximum Gasteiger partial charge on any atom is 0.0740 e. The van der Waals surface area contributed by atoms with E-state index in [1.807, 2.05) is 0 Å². The van der Waals surface area contributed by atoms with Crippen LogP contribution in [0.3, 0.4) is 0 Å². The molecule has 0 bridgehead atoms. The van der Waals surface area contributed by atoms with Crippen molar-refractivity contribution in [3.05, 3.63) is 12.3 Å². The van der Waals surface area contributed by atoms with Gasteiger partial charge in [0.25, 0.3) is 0 Å². The molecule has 0 aliphatic carbocycles. The summed E-state index contributed by atoms with van der Waals surface area (Å²) in [7, 11) is 3.24. The summed E-state index contributed by atoms with van der Waals surface area (Å²) in [5.74, 6) is 0. The molecule has 2 heteroatoms. The molecule has 0 N–H and O–H groups in total. The smallest absolute Gasteiger partial charge is 0.0740 e. The van der Waals surface area contributed by atoms with Crippen LogP contribution in [0, 0.1) is 0 Å². The minimum Gasteiger partial charge on any atom is -0.309 e. The first-order valence-electron chi connectivity index (χ1n) is 5.32. The van der Waals surface area contributed by atoms with Gasteiger partial charge in [0, 0.05) is 0 Å². The predicted octanol–water partition coefficient (Wildman–Crippen LogP) is 3.15. The van der Waals surface area contributed by atoms with Crippen LogP contribution in [0.15, 0.2) is 12.3 Å². The van der Waals surface area contributed by atoms with Gasteiger partial charge in [-0.1, -0.05) is 32.0 Å². The Labute approximate surface area is 84.8 Å². The van der Waals surface area contributed by atoms with E-state index in [0.717, 1.165) is 0 Å². The quantitative estimate of drug-likeness (QED) is 0.569. The second kappa shape index (κ2) is 6.38. The monoisotopic (exact) mass is 199 g/mol. The highest BCUT2D eigenvalue weighted by Crippen LogP contribution is 2.20. The molecule has 0 aliphatic rings. The van der Waals surface area contributed by atoms with Gasteiger partial charge in [0.2, 0.25) is 0 Å². The van der Waals surface area contributed by atoms with Gasteiger partial charge >= 0.3 is 0 Å². The summed E-state index contributed by atoms with van der Waals surface area (Å²) in [6.07, 6.45) is 2.65. The third kappa shape index (κ3) is 6.05. The maximum atomic E-state index is 4.00. The molecule has 0 amide bonds. The van der Waals surface area contributed by atoms with Gasteiger partial charge in [-0.3, -0.25) is 0 Å². The van der Waals surface area contributed by atoms with E-state index in [-0.39, 0.29) is 0 Å². The first-order valence-corrected chi connectivity index (χ1v) is 8.31. The van der Waals surface area contributed by atoms with Crippen LogP contribution in [0.2, 0.25) is 18.6 Å². The lowest BCUT2D eigenvalue weighted by Crippen LogP contribution is -2.28. The summed E-state index contributed by atoms with van der Waals surface area (Å²) in [6.45, 7) is 9.96. The summed E-state index contributed by atoms with van der Waals surface area (Å²) < 4.78 is 0. The molecule has 0 aromatic carbocycles. The van der Waals surface area contributed by atoms with Gasteiger partial charge in [-0.25, -0.2) is 0 Å². The van der Waals surface area contributed by atoms with Crippen LogP contribution >= 0.6 is 0 Å². The van der Waals surface area contributed by atoms with Crippen LogP contribution in [-0.4, -0.2) is 33.6 Å². The van der Waals surface area contributed by atoms with E-state index in [4.69, 9.17) is 0 Å². The van der Waals surface area contributed by atoms with E-state index in [0.29, 0.717) is 0 Å². The van der Waals surface area contributed by atoms with Crippen molar-refractivity contribution in [2.24, 2.45) is 0 Å². The molecule has 1 nitrogen and oxygen atoms in total. The molecule has 1 atom stereocenters. The summed E-state index contributed by atoms with van der Waals surface area (Å²) >= 11 is 0. The molecule has 0 rings (SSSR count). The zero-order valence-corrected chi connectivity index (χ0v) is 10.8. The van der Waals surface area contributed by atoms with Crippen LogP contribution in [0.1, 0.15) is 19.8 Å². The van der Waals surface area contributed by atoms with Crippen molar-refractivity contribution >= 4 is 8.07 Å². The Morgan fingerprint density at radius 3 is 2.31 bits per heavy atom. The molecule has 0 saturated heterocycles. The zero-order chi connectivity index (χ0) is 10.3. The lowest BCUT2D eigenvalue weighted by atomic mass is 10.5. The van der Waals surface area contributed by atoms with E-state index >= 15 is 0 Å². The molecule has 0 aromatic heterocycles. The number of rotatable bonds is 7. The van der Waals surface area contributed by atoms with E-state index in [2.05, 4.69) is 44.7 Å². The number of hydrogen-bond donors (Lipinski definition) is 0. The van der Waals surface area contributed by atoms with Crippen LogP contribution in [-0.2, 0) is 0 Å². The van der Waals surface area contributed by atoms with Gasteiger partial charge in [-0.05, 0) is 27.1 Å². The van der Waals surface area contributed by atoms with Gasteiger partial charge < -0.3 is 4.90 Å². The molecule has 0 fully saturated rings. The Balaban J connectivity index is 3.76. The summed E-state index contributed by atoms with van der Waals surface area (Å²) in [5.41, 5.74) is 2.27. The summed E-state index contributed by atoms with van der Waals surface area (Å²) in [4.78, 5) is 2.27. The summed E-state index contributed by atoms with van der Waals surface area (Å²) in [6, 6.07) is 2.81. The fraction of sp³-hybridized carbons (Fsp3) is 0.818. The van der Waals surface area contributed by atoms with E-state index in [9.17, 15) is 0 Å². The van der Waals surface area contributed by atoms with Crippen molar-refractivity contribution in [1.29, 1.82) is 0 Å². The van der Waals surface area contributed by atoms with E-state index in [1.165, 1.54) is 31.5 Å². The van der Waals surface area contributed by atoms with Crippen LogP contribution < -0.4 is 0 Å². The zero-order valence-electron chi connectivity index (χ0n) is 9.77. The molecule has 0 saturated carbocycles. The molecule has 0 heterocycles. The Morgan fingerprint density at radius 2 is 1.92 bits per heavy atom. The molecule has 13 heavy (non-hydrogen) atoms. The highest BCUT2D eigenvalue weighted by Gasteiger charge is 2.20. The fourth-order valence-electron chi connectivity index (χ4n) is 1.70. The number of nitrogens with zero attached hydrogens (tertiary/aromatic N) is 1. The van der Waals surface area contributed by atoms with Crippen LogP contribution in [0.4, 0.5) is 0 Å². The van der Waals surface area contributed by atoms with E-state index < -0.39 is 8.07 Å². The molecule has 0 aromatic rings. The minimum atomic E-state index is -1.05. The standard InChI is InChI=1S/C11H25NSi/c1-6-10-13(5,7-2)11-8-9-12(3)4/h7H,2,6,8-11H2,1,3-5H3. The highest BCUT2D eigenvalue weighted by molar-refractivity contribution is 6.83. The average Bonchev–Trinajstić information content (AvgIpc) is 2.04. The minimum absolute atomic E-state index is 1.05. The fourth-order valence-corrected chi connectivity index (χ4v) is 4.47. The van der Waals surface area contributed by atoms with Crippen LogP contribution in [0.25, 0.3) is 0 Å². The highest BCUT2D eigenvalue weighted by atomic mass is 28.3. The van der Waals surface area contributed by atoms with Crippen molar-refractivity contribution in [3.8, 4) is 0 Å². The van der Waals surface area contributed by atoms with E-state index in [1.54, 1.807) is 0 Å². The Kier molecular flexibility index (Phi) is 6.34. The third-order valence-electron chi connectivity index (χ3n) is 2.67. The average molecular weight is 199 g/mol. The van der Waals surface area contributed by atoms with Crippen molar-refractivity contribution in [3.63, 3.8) is 0 Å². The van der Waals surface area contributed by atoms with Gasteiger partial charge in [-0.15, -0.1) is 12.3 Å². The molecule has 0 aliphatic heterocycles. The number of hydrogen-bond acceptors (Lipinski definition) is 1. The topological polar surface area (TPSA) is 3.24 Å². The van der Waals surface area contributed by atoms with Crippen molar-refractivity contribution < 1.29 is 0 Å². The van der Waals surface area contributed by atoms with Crippen LogP contribution in [0.5, 0.6) is 0 Å². The summed E-state index contributed by atoms with van der Waals surface area (Å²) in [5, 5.41) is 0. The molecule has 0 radical (unpaired) electrons. The van der Waals surface area contributed by atoms with Crippen molar-refractivity contribution in [2.75, 3.05) is 20.6 Å². The Bertz CT molecular complexity index is 145. The predicted molar refractivity (Wildman–Crippen MR) is 64.9 cm³/mol. The second-order valence-electron chi connectivity index (χ2n) is 4.51. The maximum absolute atomic E-state index is 4.00. The molecule has 0 spiro atoms. The first kappa shape index (κ1) is 12.9. The molecule has 1 unspecified atom stereocenters. The molecular weight excluding hydrogens is 174 g/mol. The van der Waals surface area contributed by atoms with Gasteiger partial charge in [0.05, 0.1) is 8.07 Å². The Morgan fingerprint density at radius 1 is 1.31 bits per heavy atom. The SMILES string of the molecule is C=C[Si](C)(CCC)CCCN(C)C. The molecular formula is C11H25NSi. The van der Waals surface area contributed by atoms with Gasteiger partial charge in [0.1, 0.15) is 0 Å².